The molecule has 0 bridgehead atoms. The van der Waals surface area contributed by atoms with Crippen LogP contribution in [0.4, 0.5) is 17.1 Å². The van der Waals surface area contributed by atoms with E-state index in [0.717, 1.165) is 13.2 Å². The fraction of sp³-hybridized carbons (Fsp3) is 0.455. The van der Waals surface area contributed by atoms with Crippen molar-refractivity contribution in [2.75, 3.05) is 29.2 Å². The van der Waals surface area contributed by atoms with Crippen LogP contribution in [0.3, 0.4) is 0 Å². The fourth-order valence-corrected chi connectivity index (χ4v) is 2.24. The highest BCUT2D eigenvalue weighted by Crippen LogP contribution is 2.42. The molecule has 0 fully saturated rings. The zero-order valence-corrected chi connectivity index (χ0v) is 11.0. The van der Waals surface area contributed by atoms with Gasteiger partial charge in [-0.05, 0) is 17.7 Å². The van der Waals surface area contributed by atoms with E-state index < -0.39 is 0 Å². The van der Waals surface area contributed by atoms with Crippen LogP contribution in [0, 0.1) is 0 Å². The lowest BCUT2D eigenvalue weighted by atomic mass is 9.86. The molecule has 3 N–H and O–H groups in total. The lowest BCUT2D eigenvalue weighted by molar-refractivity contribution is 0.586. The summed E-state index contributed by atoms with van der Waals surface area (Å²) in [7, 11) is 0. The van der Waals surface area contributed by atoms with Crippen molar-refractivity contribution in [3.05, 3.63) is 17.7 Å². The molecule has 1 aromatic carbocycles. The van der Waals surface area contributed by atoms with Crippen LogP contribution in [0.2, 0.25) is 0 Å². The van der Waals surface area contributed by atoms with Crippen LogP contribution in [0.5, 0.6) is 0 Å². The second-order valence-corrected chi connectivity index (χ2v) is 4.71. The van der Waals surface area contributed by atoms with Crippen molar-refractivity contribution in [2.24, 2.45) is 0 Å². The number of fused-ring (bicyclic) bond motifs is 2. The molecule has 2 aliphatic rings. The summed E-state index contributed by atoms with van der Waals surface area (Å²) in [5.74, 6) is 0. The van der Waals surface area contributed by atoms with Gasteiger partial charge in [0.2, 0.25) is 0 Å². The van der Waals surface area contributed by atoms with Crippen molar-refractivity contribution in [3.8, 4) is 0 Å². The Hall–Kier alpha value is -0.800. The Bertz CT molecular complexity index is 404. The lowest BCUT2D eigenvalue weighted by Gasteiger charge is -2.17. The Morgan fingerprint density at radius 2 is 1.56 bits per heavy atom. The molecule has 0 saturated heterocycles. The van der Waals surface area contributed by atoms with Crippen molar-refractivity contribution >= 4 is 41.9 Å². The molecule has 2 heterocycles. The van der Waals surface area contributed by atoms with Crippen LogP contribution in [-0.2, 0) is 5.41 Å². The molecule has 2 aliphatic heterocycles. The summed E-state index contributed by atoms with van der Waals surface area (Å²) in [6.45, 7) is 6.44. The molecule has 90 valence electrons. The maximum Gasteiger partial charge on any atom is 0.0850 e. The van der Waals surface area contributed by atoms with Gasteiger partial charge >= 0.3 is 0 Å². The maximum absolute atomic E-state index is 3.45. The molecule has 0 unspecified atom stereocenters. The van der Waals surface area contributed by atoms with E-state index in [9.17, 15) is 0 Å². The normalized spacial score (nSPS) is 17.9. The lowest BCUT2D eigenvalue weighted by Crippen LogP contribution is -2.18. The summed E-state index contributed by atoms with van der Waals surface area (Å²) in [6, 6.07) is 4.48. The Morgan fingerprint density at radius 3 is 2.25 bits per heavy atom. The first-order valence-corrected chi connectivity index (χ1v) is 5.07. The molecule has 0 aliphatic carbocycles. The Morgan fingerprint density at radius 1 is 0.938 bits per heavy atom. The van der Waals surface area contributed by atoms with Crippen LogP contribution in [-0.4, -0.2) is 13.2 Å². The van der Waals surface area contributed by atoms with Gasteiger partial charge in [-0.25, -0.2) is 0 Å². The van der Waals surface area contributed by atoms with Crippen molar-refractivity contribution in [1.82, 2.24) is 0 Å². The summed E-state index contributed by atoms with van der Waals surface area (Å²) in [6.07, 6.45) is 0. The van der Waals surface area contributed by atoms with Gasteiger partial charge in [0.1, 0.15) is 0 Å². The van der Waals surface area contributed by atoms with Crippen LogP contribution in [0.15, 0.2) is 12.1 Å². The first-order chi connectivity index (χ1) is 6.67. The fourth-order valence-electron chi connectivity index (χ4n) is 2.24. The van der Waals surface area contributed by atoms with Gasteiger partial charge in [0.15, 0.2) is 0 Å². The van der Waals surface area contributed by atoms with Gasteiger partial charge in [0.05, 0.1) is 18.0 Å². The third-order valence-corrected chi connectivity index (χ3v) is 3.17. The molecule has 16 heavy (non-hydrogen) atoms. The SMILES string of the molecule is CC1(C)CNc2cc3c(cc21)NCN3.Cl.Cl. The quantitative estimate of drug-likeness (QED) is 0.672. The van der Waals surface area contributed by atoms with Gasteiger partial charge in [-0.2, -0.15) is 0 Å². The van der Waals surface area contributed by atoms with Crippen molar-refractivity contribution in [1.29, 1.82) is 0 Å². The van der Waals surface area contributed by atoms with E-state index in [4.69, 9.17) is 0 Å². The van der Waals surface area contributed by atoms with Crippen LogP contribution < -0.4 is 16.0 Å². The Kier molecular flexibility index (Phi) is 3.50. The van der Waals surface area contributed by atoms with E-state index in [2.05, 4.69) is 41.9 Å². The number of nitrogens with one attached hydrogen (secondary N) is 3. The van der Waals surface area contributed by atoms with E-state index in [1.807, 2.05) is 0 Å². The number of hydrogen-bond donors (Lipinski definition) is 3. The second-order valence-electron chi connectivity index (χ2n) is 4.71. The first kappa shape index (κ1) is 13.3. The minimum atomic E-state index is 0. The highest BCUT2D eigenvalue weighted by Gasteiger charge is 2.31. The molecule has 0 atom stereocenters. The van der Waals surface area contributed by atoms with Crippen LogP contribution >= 0.6 is 24.8 Å². The molecule has 0 amide bonds. The van der Waals surface area contributed by atoms with Gasteiger partial charge in [-0.1, -0.05) is 13.8 Å². The molecule has 3 nitrogen and oxygen atoms in total. The minimum absolute atomic E-state index is 0. The van der Waals surface area contributed by atoms with Gasteiger partial charge in [-0.3, -0.25) is 0 Å². The molecule has 1 aromatic rings. The summed E-state index contributed by atoms with van der Waals surface area (Å²) < 4.78 is 0. The van der Waals surface area contributed by atoms with Crippen LogP contribution in [0.1, 0.15) is 19.4 Å². The van der Waals surface area contributed by atoms with E-state index in [1.54, 1.807) is 0 Å². The third kappa shape index (κ3) is 1.78. The molecule has 3 rings (SSSR count). The van der Waals surface area contributed by atoms with Crippen LogP contribution in [0.25, 0.3) is 0 Å². The predicted molar refractivity (Wildman–Crippen MR) is 74.6 cm³/mol. The predicted octanol–water partition coefficient (Wildman–Crippen LogP) is 3.03. The molecular weight excluding hydrogens is 245 g/mol. The van der Waals surface area contributed by atoms with Crippen molar-refractivity contribution in [3.63, 3.8) is 0 Å². The zero-order chi connectivity index (χ0) is 9.76. The average Bonchev–Trinajstić information content (AvgIpc) is 2.69. The number of benzene rings is 1. The highest BCUT2D eigenvalue weighted by molar-refractivity contribution is 5.85. The molecule has 5 heteroatoms. The number of anilines is 3. The minimum Gasteiger partial charge on any atom is -0.384 e. The summed E-state index contributed by atoms with van der Waals surface area (Å²) in [5.41, 5.74) is 5.42. The van der Waals surface area contributed by atoms with E-state index in [-0.39, 0.29) is 30.2 Å². The van der Waals surface area contributed by atoms with Gasteiger partial charge < -0.3 is 16.0 Å². The average molecular weight is 262 g/mol. The van der Waals surface area contributed by atoms with Gasteiger partial charge in [-0.15, -0.1) is 24.8 Å². The monoisotopic (exact) mass is 261 g/mol. The summed E-state index contributed by atoms with van der Waals surface area (Å²) >= 11 is 0. The highest BCUT2D eigenvalue weighted by atomic mass is 35.5. The summed E-state index contributed by atoms with van der Waals surface area (Å²) in [5, 5.41) is 10.1. The van der Waals surface area contributed by atoms with Crippen molar-refractivity contribution < 1.29 is 0 Å². The number of hydrogen-bond acceptors (Lipinski definition) is 3. The molecule has 0 radical (unpaired) electrons. The first-order valence-electron chi connectivity index (χ1n) is 5.07. The molecule has 0 saturated carbocycles. The molecular formula is C11H17Cl2N3. The summed E-state index contributed by atoms with van der Waals surface area (Å²) in [4.78, 5) is 0. The number of halogens is 2. The second kappa shape index (κ2) is 4.22. The van der Waals surface area contributed by atoms with E-state index in [0.29, 0.717) is 0 Å². The topological polar surface area (TPSA) is 36.1 Å². The third-order valence-electron chi connectivity index (χ3n) is 3.17. The van der Waals surface area contributed by atoms with E-state index in [1.165, 1.54) is 22.6 Å². The Balaban J connectivity index is 0.000000640. The zero-order valence-electron chi connectivity index (χ0n) is 9.39. The maximum atomic E-state index is 3.45. The molecule has 0 aromatic heterocycles. The van der Waals surface area contributed by atoms with Crippen molar-refractivity contribution in [2.45, 2.75) is 19.3 Å². The Labute approximate surface area is 108 Å². The number of rotatable bonds is 0. The van der Waals surface area contributed by atoms with Gasteiger partial charge in [0.25, 0.3) is 0 Å². The smallest absolute Gasteiger partial charge is 0.0850 e. The largest absolute Gasteiger partial charge is 0.384 e. The molecule has 0 spiro atoms. The van der Waals surface area contributed by atoms with E-state index >= 15 is 0 Å². The standard InChI is InChI=1S/C11H15N3.2ClH/c1-11(2)5-12-8-4-10-9(3-7(8)11)13-6-14-10;;/h3-4,12-14H,5-6H2,1-2H3;2*1H. The van der Waals surface area contributed by atoms with Gasteiger partial charge in [0, 0.05) is 17.6 Å².